The lowest BCUT2D eigenvalue weighted by Gasteiger charge is -2.28. The van der Waals surface area contributed by atoms with E-state index in [0.29, 0.717) is 17.8 Å². The number of hydrogen-bond acceptors (Lipinski definition) is 3. The quantitative estimate of drug-likeness (QED) is 0.0992. The van der Waals surface area contributed by atoms with Crippen LogP contribution in [0.3, 0.4) is 0 Å². The fourth-order valence-electron chi connectivity index (χ4n) is 10.3. The number of allylic oxidation sites excluding steroid dienone is 13. The van der Waals surface area contributed by atoms with Gasteiger partial charge in [-0.25, -0.2) is 0 Å². The second-order valence-corrected chi connectivity index (χ2v) is 20.8. The highest BCUT2D eigenvalue weighted by Crippen LogP contribution is 2.40. The van der Waals surface area contributed by atoms with Gasteiger partial charge in [0, 0.05) is 57.6 Å². The van der Waals surface area contributed by atoms with Gasteiger partial charge in [0.25, 0.3) is 0 Å². The molecule has 7 aromatic rings. The van der Waals surface area contributed by atoms with Crippen molar-refractivity contribution in [1.29, 1.82) is 0 Å². The zero-order chi connectivity index (χ0) is 61.7. The summed E-state index contributed by atoms with van der Waals surface area (Å²) in [6.45, 7) is 40.0. The van der Waals surface area contributed by atoms with Gasteiger partial charge in [0.15, 0.2) is 0 Å². The third-order valence-corrected chi connectivity index (χ3v) is 14.9. The average molecular weight is 1130 g/mol. The summed E-state index contributed by atoms with van der Waals surface area (Å²) in [4.78, 5) is 11.7. The van der Waals surface area contributed by atoms with Gasteiger partial charge in [0.2, 0.25) is 0 Å². The predicted octanol–water partition coefficient (Wildman–Crippen LogP) is 23.8. The van der Waals surface area contributed by atoms with Crippen molar-refractivity contribution >= 4 is 44.6 Å². The minimum Gasteiger partial charge on any atom is -0.337 e. The molecule has 85 heavy (non-hydrogen) atoms. The molecule has 2 atom stereocenters. The van der Waals surface area contributed by atoms with E-state index in [4.69, 9.17) is 0 Å². The number of nitrogens with zero attached hydrogens (tertiary/aromatic N) is 4. The highest BCUT2D eigenvalue weighted by atomic mass is 15.1. The van der Waals surface area contributed by atoms with E-state index >= 15 is 0 Å². The van der Waals surface area contributed by atoms with E-state index in [1.807, 2.05) is 66.7 Å². The number of para-hydroxylation sites is 1. The molecule has 1 aromatic heterocycles. The van der Waals surface area contributed by atoms with E-state index in [1.165, 1.54) is 72.3 Å². The Kier molecular flexibility index (Phi) is 28.1. The molecule has 4 heteroatoms. The zero-order valence-electron chi connectivity index (χ0n) is 53.5. The van der Waals surface area contributed by atoms with Crippen molar-refractivity contribution in [1.82, 2.24) is 4.57 Å². The molecule has 0 N–H and O–H groups in total. The maximum absolute atomic E-state index is 4.64. The molecule has 4 nitrogen and oxygen atoms in total. The second-order valence-electron chi connectivity index (χ2n) is 20.8. The van der Waals surface area contributed by atoms with E-state index in [-0.39, 0.29) is 0 Å². The summed E-state index contributed by atoms with van der Waals surface area (Å²) in [5.41, 5.74) is 19.9. The van der Waals surface area contributed by atoms with Crippen molar-refractivity contribution < 1.29 is 0 Å². The maximum atomic E-state index is 4.64. The molecule has 0 amide bonds. The lowest BCUT2D eigenvalue weighted by atomic mass is 9.94. The molecule has 4 aliphatic rings. The van der Waals surface area contributed by atoms with Gasteiger partial charge in [-0.3, -0.25) is 9.98 Å². The lowest BCUT2D eigenvalue weighted by molar-refractivity contribution is 0.861. The highest BCUT2D eigenvalue weighted by molar-refractivity contribution is 6.10. The Balaban J connectivity index is 0.000000259. The van der Waals surface area contributed by atoms with Gasteiger partial charge in [0.1, 0.15) is 0 Å². The fraction of sp³-hybridized carbons (Fsp3) is 0.259. The molecule has 0 bridgehead atoms. The first-order valence-corrected chi connectivity index (χ1v) is 31.1. The van der Waals surface area contributed by atoms with E-state index in [1.54, 1.807) is 0 Å². The van der Waals surface area contributed by atoms with Crippen LogP contribution >= 0.6 is 0 Å². The van der Waals surface area contributed by atoms with E-state index < -0.39 is 0 Å². The third kappa shape index (κ3) is 18.4. The first kappa shape index (κ1) is 67.2. The Morgan fingerprint density at radius 2 is 1.12 bits per heavy atom. The van der Waals surface area contributed by atoms with Gasteiger partial charge in [-0.15, -0.1) is 13.2 Å². The van der Waals surface area contributed by atoms with Crippen molar-refractivity contribution in [3.05, 3.63) is 296 Å². The molecule has 11 rings (SSSR count). The number of aromatic nitrogens is 1. The molecule has 0 saturated heterocycles. The number of hydrogen-bond donors (Lipinski definition) is 0. The Labute approximate surface area is 513 Å². The summed E-state index contributed by atoms with van der Waals surface area (Å²) in [7, 11) is 0. The molecule has 1 aliphatic heterocycles. The van der Waals surface area contributed by atoms with Gasteiger partial charge in [-0.1, -0.05) is 263 Å². The van der Waals surface area contributed by atoms with Gasteiger partial charge in [-0.05, 0) is 140 Å². The summed E-state index contributed by atoms with van der Waals surface area (Å²) in [6, 6.07) is 50.9. The molecule has 0 saturated carbocycles. The number of benzene rings is 6. The number of fused-ring (bicyclic) bond motifs is 4. The van der Waals surface area contributed by atoms with Crippen molar-refractivity contribution in [3.63, 3.8) is 0 Å². The molecule has 2 unspecified atom stereocenters. The summed E-state index contributed by atoms with van der Waals surface area (Å²) in [5, 5.41) is 2.56. The zero-order valence-corrected chi connectivity index (χ0v) is 53.5. The van der Waals surface area contributed by atoms with Crippen LogP contribution in [0, 0.1) is 12.8 Å². The first-order valence-electron chi connectivity index (χ1n) is 31.1. The summed E-state index contributed by atoms with van der Waals surface area (Å²) in [5.74, 6) is 1.25. The van der Waals surface area contributed by atoms with Crippen LogP contribution in [0.15, 0.2) is 283 Å². The standard InChI is InChI=1S/C41H38N2.C16H19N.C16H17N.3C2H6.C2H4/c1-28(2)31-15-21-35(22-16-31)43-39-12-8-7-11-37(39)38-24-18-33(27-41(38)43)32-17-23-36-30(4)10-6-5-9-25-42(40(36)26-32)34-19-13-29(3)14-20-34;2*1-13(15-9-5-3-6-10-15)17-14(2)16-11-7-4-8-12-16;4*1-2/h5-24,26-28,30H,25H2,1-4H3;4-5,7-11,16H,1,3,6,12H2,2H3;4-5,7-12H,1,3,6H2,2H3;3*1-2H3;1-2H2/b9-5-,10-6-;;;;;;. The van der Waals surface area contributed by atoms with Gasteiger partial charge in [-0.2, -0.15) is 0 Å². The SMILES string of the molecule is C=C.C=C(N=C(C)C1C=CC=CC1)C1=CCCC=C1.C=C(N=C(C)c1ccccc1)C1=CCCC=C1.CC.CC.CC.Cc1ccc(N2C/C=C\C=C/C(C)c3ccc(-c4ccc5c6ccccc6n(-c6ccc(C(C)C)cc6)c5c4)cc32)cc1. The molecule has 2 heterocycles. The summed E-state index contributed by atoms with van der Waals surface area (Å²) < 4.78 is 2.42. The maximum Gasteiger partial charge on any atom is 0.0630 e. The molecule has 0 fully saturated rings. The van der Waals surface area contributed by atoms with E-state index in [2.05, 4.69) is 287 Å². The van der Waals surface area contributed by atoms with Crippen LogP contribution in [0.4, 0.5) is 11.4 Å². The van der Waals surface area contributed by atoms with E-state index in [0.717, 1.165) is 72.6 Å². The van der Waals surface area contributed by atoms with Gasteiger partial charge in [0.05, 0.1) is 22.4 Å². The molecule has 0 spiro atoms. The number of anilines is 2. The van der Waals surface area contributed by atoms with Crippen LogP contribution < -0.4 is 4.90 Å². The predicted molar refractivity (Wildman–Crippen MR) is 380 cm³/mol. The molecule has 3 aliphatic carbocycles. The average Bonchev–Trinajstić information content (AvgIpc) is 2.01. The van der Waals surface area contributed by atoms with Crippen LogP contribution in [0.5, 0.6) is 0 Å². The minimum atomic E-state index is 0.304. The third-order valence-electron chi connectivity index (χ3n) is 14.9. The van der Waals surface area contributed by atoms with Crippen LogP contribution in [0.2, 0.25) is 0 Å². The van der Waals surface area contributed by atoms with Gasteiger partial charge < -0.3 is 9.47 Å². The molecule has 0 radical (unpaired) electrons. The van der Waals surface area contributed by atoms with E-state index in [9.17, 15) is 0 Å². The van der Waals surface area contributed by atoms with Crippen LogP contribution in [0.25, 0.3) is 38.6 Å². The number of rotatable bonds is 10. The van der Waals surface area contributed by atoms with Crippen molar-refractivity contribution in [3.8, 4) is 16.8 Å². The normalized spacial score (nSPS) is 16.5. The number of aryl methyl sites for hydroxylation is 1. The van der Waals surface area contributed by atoms with Crippen molar-refractivity contribution in [2.75, 3.05) is 11.4 Å². The summed E-state index contributed by atoms with van der Waals surface area (Å²) in [6.07, 6.45) is 36.0. The minimum absolute atomic E-state index is 0.304. The summed E-state index contributed by atoms with van der Waals surface area (Å²) >= 11 is 0. The van der Waals surface area contributed by atoms with Crippen molar-refractivity contribution in [2.45, 2.75) is 127 Å². The fourth-order valence-corrected chi connectivity index (χ4v) is 10.3. The Morgan fingerprint density at radius 1 is 0.553 bits per heavy atom. The smallest absolute Gasteiger partial charge is 0.0630 e. The van der Waals surface area contributed by atoms with Crippen LogP contribution in [-0.2, 0) is 0 Å². The van der Waals surface area contributed by atoms with Crippen molar-refractivity contribution in [2.24, 2.45) is 15.9 Å². The van der Waals surface area contributed by atoms with Crippen LogP contribution in [0.1, 0.15) is 142 Å². The Morgan fingerprint density at radius 3 is 1.73 bits per heavy atom. The monoisotopic (exact) mass is 1120 g/mol. The largest absolute Gasteiger partial charge is 0.337 e. The first-order chi connectivity index (χ1) is 41.5. The second kappa shape index (κ2) is 35.5. The molecule has 6 aromatic carbocycles. The molecular weight excluding hydrogens is 1030 g/mol. The van der Waals surface area contributed by atoms with Crippen LogP contribution in [-0.4, -0.2) is 22.5 Å². The molecule has 440 valence electrons. The Hall–Kier alpha value is -8.60. The Bertz CT molecular complexity index is 3580. The topological polar surface area (TPSA) is 32.9 Å². The van der Waals surface area contributed by atoms with Gasteiger partial charge >= 0.3 is 0 Å². The number of aliphatic imine (C=N–C) groups is 2. The molecular formula is C81H96N4. The lowest BCUT2D eigenvalue weighted by Crippen LogP contribution is -2.19. The highest BCUT2D eigenvalue weighted by Gasteiger charge is 2.20.